The van der Waals surface area contributed by atoms with Crippen LogP contribution in [0.25, 0.3) is 0 Å². The van der Waals surface area contributed by atoms with E-state index in [9.17, 15) is 18.0 Å². The standard InChI is InChI=1S/C20H17ClN4O5S2.H2/c21-15-3-1-2-4-16(15)23-20(27)30-17-9-11-25(18(17)26)13-5-7-14(8-6-13)32(28,29)24-19-22-10-12-31-19;/h1-8,10,12,17H,9,11H2,(H,22,24)(H,23,27);1H/t17-;/m0./s1. The molecule has 1 fully saturated rings. The molecule has 0 radical (unpaired) electrons. The van der Waals surface area contributed by atoms with Crippen LogP contribution in [0.4, 0.5) is 21.3 Å². The van der Waals surface area contributed by atoms with Crippen molar-refractivity contribution in [3.05, 3.63) is 65.1 Å². The summed E-state index contributed by atoms with van der Waals surface area (Å²) in [6, 6.07) is 12.5. The van der Waals surface area contributed by atoms with Crippen molar-refractivity contribution >= 4 is 61.5 Å². The summed E-state index contributed by atoms with van der Waals surface area (Å²) >= 11 is 7.17. The van der Waals surface area contributed by atoms with Gasteiger partial charge in [0.2, 0.25) is 0 Å². The quantitative estimate of drug-likeness (QED) is 0.530. The van der Waals surface area contributed by atoms with Crippen molar-refractivity contribution in [1.82, 2.24) is 4.98 Å². The molecule has 2 N–H and O–H groups in total. The van der Waals surface area contributed by atoms with Crippen LogP contribution in [0.5, 0.6) is 0 Å². The number of sulfonamides is 1. The Labute approximate surface area is 194 Å². The van der Waals surface area contributed by atoms with E-state index in [1.54, 1.807) is 29.6 Å². The zero-order valence-corrected chi connectivity index (χ0v) is 18.8. The molecule has 0 unspecified atom stereocenters. The lowest BCUT2D eigenvalue weighted by Crippen LogP contribution is -2.33. The predicted octanol–water partition coefficient (Wildman–Crippen LogP) is 4.20. The minimum atomic E-state index is -3.79. The van der Waals surface area contributed by atoms with Gasteiger partial charge in [-0.3, -0.25) is 14.8 Å². The fourth-order valence-electron chi connectivity index (χ4n) is 3.10. The molecule has 1 aromatic heterocycles. The second kappa shape index (κ2) is 9.15. The van der Waals surface area contributed by atoms with Gasteiger partial charge in [-0.2, -0.15) is 0 Å². The molecule has 0 spiro atoms. The number of hydrogen-bond donors (Lipinski definition) is 2. The van der Waals surface area contributed by atoms with Gasteiger partial charge in [-0.1, -0.05) is 23.7 Å². The molecule has 1 aliphatic heterocycles. The smallest absolute Gasteiger partial charge is 0.412 e. The molecule has 12 heteroatoms. The summed E-state index contributed by atoms with van der Waals surface area (Å²) in [6.45, 7) is 0.326. The Hall–Kier alpha value is -3.15. The second-order valence-corrected chi connectivity index (χ2v) is 9.70. The summed E-state index contributed by atoms with van der Waals surface area (Å²) in [5.41, 5.74) is 0.880. The zero-order chi connectivity index (χ0) is 22.7. The Morgan fingerprint density at radius 1 is 1.22 bits per heavy atom. The number of thiazole rings is 1. The van der Waals surface area contributed by atoms with Crippen molar-refractivity contribution in [3.8, 4) is 0 Å². The Bertz CT molecular complexity index is 1240. The minimum Gasteiger partial charge on any atom is -0.436 e. The average Bonchev–Trinajstić information content (AvgIpc) is 3.39. The van der Waals surface area contributed by atoms with Gasteiger partial charge in [0.05, 0.1) is 15.6 Å². The molecule has 1 saturated heterocycles. The molecule has 0 saturated carbocycles. The van der Waals surface area contributed by atoms with Crippen molar-refractivity contribution in [3.63, 3.8) is 0 Å². The van der Waals surface area contributed by atoms with Crippen LogP contribution in [0.2, 0.25) is 5.02 Å². The maximum Gasteiger partial charge on any atom is 0.412 e. The number of nitrogens with zero attached hydrogens (tertiary/aromatic N) is 2. The molecule has 2 amide bonds. The summed E-state index contributed by atoms with van der Waals surface area (Å²) in [7, 11) is -3.79. The highest BCUT2D eigenvalue weighted by molar-refractivity contribution is 7.93. The third-order valence-electron chi connectivity index (χ3n) is 4.63. The number of benzene rings is 2. The van der Waals surface area contributed by atoms with Gasteiger partial charge in [0.15, 0.2) is 11.2 Å². The highest BCUT2D eigenvalue weighted by Gasteiger charge is 2.35. The van der Waals surface area contributed by atoms with E-state index in [4.69, 9.17) is 16.3 Å². The lowest BCUT2D eigenvalue weighted by molar-refractivity contribution is -0.124. The SMILES string of the molecule is O=C(Nc1ccccc1Cl)O[C@H]1CCN(c2ccc(S(=O)(=O)Nc3nccs3)cc2)C1=O.[HH]. The first kappa shape index (κ1) is 22.1. The molecule has 9 nitrogen and oxygen atoms in total. The van der Waals surface area contributed by atoms with Crippen LogP contribution in [0.3, 0.4) is 0 Å². The van der Waals surface area contributed by atoms with Crippen LogP contribution in [0.15, 0.2) is 65.0 Å². The summed E-state index contributed by atoms with van der Waals surface area (Å²) in [6.07, 6.45) is 0.0681. The molecule has 32 heavy (non-hydrogen) atoms. The lowest BCUT2D eigenvalue weighted by atomic mass is 10.3. The van der Waals surface area contributed by atoms with Crippen LogP contribution >= 0.6 is 22.9 Å². The van der Waals surface area contributed by atoms with Crippen molar-refractivity contribution in [1.29, 1.82) is 0 Å². The fourth-order valence-corrected chi connectivity index (χ4v) is 5.08. The highest BCUT2D eigenvalue weighted by atomic mass is 35.5. The summed E-state index contributed by atoms with van der Waals surface area (Å²) in [4.78, 5) is 30.2. The van der Waals surface area contributed by atoms with Crippen LogP contribution in [-0.4, -0.2) is 38.1 Å². The average molecular weight is 495 g/mol. The number of anilines is 3. The normalized spacial score (nSPS) is 16.1. The van der Waals surface area contributed by atoms with E-state index in [1.165, 1.54) is 46.7 Å². The van der Waals surface area contributed by atoms with Gasteiger partial charge in [0, 0.05) is 31.7 Å². The van der Waals surface area contributed by atoms with E-state index in [1.807, 2.05) is 0 Å². The van der Waals surface area contributed by atoms with Gasteiger partial charge in [-0.25, -0.2) is 18.2 Å². The molecule has 0 aliphatic carbocycles. The van der Waals surface area contributed by atoms with E-state index >= 15 is 0 Å². The van der Waals surface area contributed by atoms with Gasteiger partial charge < -0.3 is 9.64 Å². The van der Waals surface area contributed by atoms with E-state index in [0.717, 1.165) is 0 Å². The molecule has 2 aromatic carbocycles. The van der Waals surface area contributed by atoms with Gasteiger partial charge in [0.25, 0.3) is 15.9 Å². The molecule has 4 rings (SSSR count). The van der Waals surface area contributed by atoms with Crippen molar-refractivity contribution in [2.24, 2.45) is 0 Å². The van der Waals surface area contributed by atoms with Crippen LogP contribution in [0.1, 0.15) is 7.85 Å². The number of amides is 2. The van der Waals surface area contributed by atoms with Gasteiger partial charge in [-0.05, 0) is 36.4 Å². The number of hydrogen-bond acceptors (Lipinski definition) is 7. The van der Waals surface area contributed by atoms with E-state index in [0.29, 0.717) is 29.4 Å². The van der Waals surface area contributed by atoms with Crippen LogP contribution in [0, 0.1) is 0 Å². The number of para-hydroxylation sites is 1. The number of aromatic nitrogens is 1. The fraction of sp³-hybridized carbons (Fsp3) is 0.150. The Morgan fingerprint density at radius 2 is 1.97 bits per heavy atom. The molecular formula is C20H19ClN4O5S2. The third-order valence-corrected chi connectivity index (χ3v) is 7.13. The Kier molecular flexibility index (Phi) is 6.31. The first-order valence-corrected chi connectivity index (χ1v) is 12.1. The van der Waals surface area contributed by atoms with Crippen molar-refractivity contribution < 1.29 is 24.2 Å². The third kappa shape index (κ3) is 4.85. The van der Waals surface area contributed by atoms with E-state index in [-0.39, 0.29) is 11.5 Å². The van der Waals surface area contributed by atoms with Crippen molar-refractivity contribution in [2.45, 2.75) is 17.4 Å². The zero-order valence-electron chi connectivity index (χ0n) is 16.4. The van der Waals surface area contributed by atoms with Crippen LogP contribution in [-0.2, 0) is 19.6 Å². The van der Waals surface area contributed by atoms with Gasteiger partial charge in [-0.15, -0.1) is 11.3 Å². The number of ether oxygens (including phenoxy) is 1. The summed E-state index contributed by atoms with van der Waals surface area (Å²) < 4.78 is 32.5. The van der Waals surface area contributed by atoms with Crippen molar-refractivity contribution in [2.75, 3.05) is 21.5 Å². The maximum absolute atomic E-state index is 12.7. The Balaban J connectivity index is 0.00000306. The lowest BCUT2D eigenvalue weighted by Gasteiger charge is -2.17. The molecule has 0 bridgehead atoms. The Morgan fingerprint density at radius 3 is 2.66 bits per heavy atom. The first-order chi connectivity index (χ1) is 15.3. The number of carbonyl (C=O) groups excluding carboxylic acids is 2. The number of carbonyl (C=O) groups is 2. The first-order valence-electron chi connectivity index (χ1n) is 9.39. The largest absolute Gasteiger partial charge is 0.436 e. The van der Waals surface area contributed by atoms with Gasteiger partial charge in [0.1, 0.15) is 0 Å². The maximum atomic E-state index is 12.7. The number of halogens is 1. The molecular weight excluding hydrogens is 476 g/mol. The minimum absolute atomic E-state index is 0. The van der Waals surface area contributed by atoms with Crippen LogP contribution < -0.4 is 14.9 Å². The molecule has 1 aliphatic rings. The highest BCUT2D eigenvalue weighted by Crippen LogP contribution is 2.26. The summed E-state index contributed by atoms with van der Waals surface area (Å²) in [5, 5.41) is 4.79. The topological polar surface area (TPSA) is 118 Å². The van der Waals surface area contributed by atoms with E-state index < -0.39 is 28.1 Å². The molecule has 2 heterocycles. The molecule has 1 atom stereocenters. The molecule has 3 aromatic rings. The monoisotopic (exact) mass is 494 g/mol. The van der Waals surface area contributed by atoms with Gasteiger partial charge >= 0.3 is 6.09 Å². The van der Waals surface area contributed by atoms with E-state index in [2.05, 4.69) is 15.0 Å². The second-order valence-electron chi connectivity index (χ2n) is 6.71. The number of nitrogens with one attached hydrogen (secondary N) is 2. The molecule has 168 valence electrons. The number of rotatable bonds is 6. The predicted molar refractivity (Wildman–Crippen MR) is 124 cm³/mol. The summed E-state index contributed by atoms with van der Waals surface area (Å²) in [5.74, 6) is -0.393.